The van der Waals surface area contributed by atoms with Gasteiger partial charge in [-0.15, -0.1) is 0 Å². The first-order chi connectivity index (χ1) is 8.09. The molecule has 0 radical (unpaired) electrons. The van der Waals surface area contributed by atoms with Gasteiger partial charge in [-0.05, 0) is 18.6 Å². The van der Waals surface area contributed by atoms with E-state index in [1.807, 2.05) is 0 Å². The fraction of sp³-hybridized carbons (Fsp3) is 0.167. The molecule has 0 amide bonds. The molecule has 3 nitrogen and oxygen atoms in total. The Morgan fingerprint density at radius 3 is 2.82 bits per heavy atom. The SMILES string of the molecule is Cc1ccc(F)c(C(=O)Cc2ncc[nH]2)c1F. The minimum atomic E-state index is -0.843. The quantitative estimate of drug-likeness (QED) is 0.832. The van der Waals surface area contributed by atoms with Crippen molar-refractivity contribution in [1.29, 1.82) is 0 Å². The van der Waals surface area contributed by atoms with Gasteiger partial charge in [-0.2, -0.15) is 0 Å². The number of hydrogen-bond acceptors (Lipinski definition) is 2. The molecule has 0 unspecified atom stereocenters. The first-order valence-corrected chi connectivity index (χ1v) is 5.05. The average molecular weight is 236 g/mol. The van der Waals surface area contributed by atoms with E-state index in [0.717, 1.165) is 6.07 Å². The highest BCUT2D eigenvalue weighted by molar-refractivity contribution is 5.97. The van der Waals surface area contributed by atoms with E-state index in [0.29, 0.717) is 5.82 Å². The Hall–Kier alpha value is -2.04. The third-order valence-corrected chi connectivity index (χ3v) is 2.45. The second-order valence-electron chi connectivity index (χ2n) is 3.69. The van der Waals surface area contributed by atoms with E-state index in [1.165, 1.54) is 19.2 Å². The first kappa shape index (κ1) is 11.4. The van der Waals surface area contributed by atoms with Crippen LogP contribution in [0.25, 0.3) is 0 Å². The molecule has 17 heavy (non-hydrogen) atoms. The molecule has 1 aromatic carbocycles. The number of rotatable bonds is 3. The van der Waals surface area contributed by atoms with Crippen molar-refractivity contribution in [3.05, 3.63) is 53.1 Å². The summed E-state index contributed by atoms with van der Waals surface area (Å²) in [4.78, 5) is 18.3. The van der Waals surface area contributed by atoms with Gasteiger partial charge in [0.05, 0.1) is 12.0 Å². The molecule has 0 bridgehead atoms. The molecule has 1 N–H and O–H groups in total. The largest absolute Gasteiger partial charge is 0.348 e. The molecule has 2 rings (SSSR count). The zero-order valence-corrected chi connectivity index (χ0v) is 9.13. The van der Waals surface area contributed by atoms with Crippen LogP contribution in [0.4, 0.5) is 8.78 Å². The minimum absolute atomic E-state index is 0.149. The molecule has 1 heterocycles. The summed E-state index contributed by atoms with van der Waals surface area (Å²) in [6, 6.07) is 2.39. The number of halogens is 2. The lowest BCUT2D eigenvalue weighted by Gasteiger charge is -2.05. The van der Waals surface area contributed by atoms with Crippen molar-refractivity contribution < 1.29 is 13.6 Å². The smallest absolute Gasteiger partial charge is 0.176 e. The molecule has 0 saturated carbocycles. The Kier molecular flexibility index (Phi) is 2.99. The fourth-order valence-electron chi connectivity index (χ4n) is 1.55. The number of Topliss-reactive ketones (excluding diaryl/α,β-unsaturated/α-hetero) is 1. The van der Waals surface area contributed by atoms with Crippen molar-refractivity contribution in [3.63, 3.8) is 0 Å². The number of benzene rings is 1. The Morgan fingerprint density at radius 1 is 1.41 bits per heavy atom. The number of aromatic amines is 1. The van der Waals surface area contributed by atoms with Gasteiger partial charge in [-0.25, -0.2) is 13.8 Å². The number of ketones is 1. The Labute approximate surface area is 96.5 Å². The van der Waals surface area contributed by atoms with Crippen LogP contribution in [0.2, 0.25) is 0 Å². The van der Waals surface area contributed by atoms with Crippen LogP contribution in [-0.2, 0) is 6.42 Å². The summed E-state index contributed by atoms with van der Waals surface area (Å²) in [5.74, 6) is -1.89. The zero-order valence-electron chi connectivity index (χ0n) is 9.13. The minimum Gasteiger partial charge on any atom is -0.348 e. The molecule has 2 aromatic rings. The molecular formula is C12H10F2N2O. The molecule has 0 saturated heterocycles. The van der Waals surface area contributed by atoms with Crippen molar-refractivity contribution >= 4 is 5.78 Å². The first-order valence-electron chi connectivity index (χ1n) is 5.05. The van der Waals surface area contributed by atoms with Crippen molar-refractivity contribution in [2.75, 3.05) is 0 Å². The summed E-state index contributed by atoms with van der Waals surface area (Å²) in [7, 11) is 0. The van der Waals surface area contributed by atoms with Crippen LogP contribution in [0, 0.1) is 18.6 Å². The second-order valence-corrected chi connectivity index (χ2v) is 3.69. The summed E-state index contributed by atoms with van der Waals surface area (Å²) >= 11 is 0. The molecule has 0 spiro atoms. The molecule has 88 valence electrons. The van der Waals surface area contributed by atoms with E-state index < -0.39 is 23.0 Å². The number of carbonyl (C=O) groups is 1. The number of aromatic nitrogens is 2. The molecular weight excluding hydrogens is 226 g/mol. The molecule has 0 aliphatic rings. The van der Waals surface area contributed by atoms with Gasteiger partial charge in [0.1, 0.15) is 17.5 Å². The van der Waals surface area contributed by atoms with E-state index in [1.54, 1.807) is 6.20 Å². The van der Waals surface area contributed by atoms with Crippen LogP contribution in [0.1, 0.15) is 21.7 Å². The standard InChI is InChI=1S/C12H10F2N2O/c1-7-2-3-8(13)11(12(7)14)9(17)6-10-15-4-5-16-10/h2-5H,6H2,1H3,(H,15,16). The predicted octanol–water partition coefficient (Wildman–Crippen LogP) is 2.42. The van der Waals surface area contributed by atoms with Gasteiger partial charge in [0.25, 0.3) is 0 Å². The molecule has 1 aromatic heterocycles. The Morgan fingerprint density at radius 2 is 2.18 bits per heavy atom. The summed E-state index contributed by atoms with van der Waals surface area (Å²) < 4.78 is 27.1. The topological polar surface area (TPSA) is 45.8 Å². The highest BCUT2D eigenvalue weighted by atomic mass is 19.1. The van der Waals surface area contributed by atoms with Crippen LogP contribution in [0.15, 0.2) is 24.5 Å². The van der Waals surface area contributed by atoms with Gasteiger partial charge in [-0.3, -0.25) is 4.79 Å². The number of aryl methyl sites for hydroxylation is 1. The molecule has 0 atom stereocenters. The fourth-order valence-corrected chi connectivity index (χ4v) is 1.55. The highest BCUT2D eigenvalue weighted by Crippen LogP contribution is 2.17. The normalized spacial score (nSPS) is 10.5. The van der Waals surface area contributed by atoms with Gasteiger partial charge < -0.3 is 4.98 Å². The number of imidazole rings is 1. The second kappa shape index (κ2) is 4.45. The maximum Gasteiger partial charge on any atom is 0.176 e. The van der Waals surface area contributed by atoms with E-state index in [-0.39, 0.29) is 12.0 Å². The Balaban J connectivity index is 2.34. The van der Waals surface area contributed by atoms with Gasteiger partial charge in [-0.1, -0.05) is 6.07 Å². The third-order valence-electron chi connectivity index (χ3n) is 2.45. The Bertz CT molecular complexity index is 550. The molecule has 0 fully saturated rings. The monoisotopic (exact) mass is 236 g/mol. The van der Waals surface area contributed by atoms with Crippen molar-refractivity contribution in [3.8, 4) is 0 Å². The number of hydrogen-bond donors (Lipinski definition) is 1. The maximum atomic E-state index is 13.7. The molecule has 0 aliphatic carbocycles. The highest BCUT2D eigenvalue weighted by Gasteiger charge is 2.19. The van der Waals surface area contributed by atoms with Crippen molar-refractivity contribution in [2.24, 2.45) is 0 Å². The lowest BCUT2D eigenvalue weighted by molar-refractivity contribution is 0.0982. The molecule has 0 aliphatic heterocycles. The predicted molar refractivity (Wildman–Crippen MR) is 57.7 cm³/mol. The average Bonchev–Trinajstić information content (AvgIpc) is 2.77. The van der Waals surface area contributed by atoms with Crippen LogP contribution in [-0.4, -0.2) is 15.8 Å². The van der Waals surface area contributed by atoms with Crippen molar-refractivity contribution in [1.82, 2.24) is 9.97 Å². The third kappa shape index (κ3) is 2.22. The number of H-pyrrole nitrogens is 1. The van der Waals surface area contributed by atoms with Crippen molar-refractivity contribution in [2.45, 2.75) is 13.3 Å². The molecule has 5 heteroatoms. The van der Waals surface area contributed by atoms with Gasteiger partial charge in [0, 0.05) is 12.4 Å². The summed E-state index contributed by atoms with van der Waals surface area (Å²) in [6.45, 7) is 1.48. The van der Waals surface area contributed by atoms with Crippen LogP contribution >= 0.6 is 0 Å². The van der Waals surface area contributed by atoms with E-state index in [2.05, 4.69) is 9.97 Å². The number of nitrogens with zero attached hydrogens (tertiary/aromatic N) is 1. The van der Waals surface area contributed by atoms with Crippen LogP contribution < -0.4 is 0 Å². The number of nitrogens with one attached hydrogen (secondary N) is 1. The lowest BCUT2D eigenvalue weighted by Crippen LogP contribution is -2.11. The van der Waals surface area contributed by atoms with E-state index >= 15 is 0 Å². The number of carbonyl (C=O) groups excluding carboxylic acids is 1. The lowest BCUT2D eigenvalue weighted by atomic mass is 10.0. The van der Waals surface area contributed by atoms with Gasteiger partial charge in [0.2, 0.25) is 0 Å². The summed E-state index contributed by atoms with van der Waals surface area (Å²) in [6.07, 6.45) is 2.88. The van der Waals surface area contributed by atoms with Gasteiger partial charge >= 0.3 is 0 Å². The zero-order chi connectivity index (χ0) is 12.4. The van der Waals surface area contributed by atoms with Crippen LogP contribution in [0.5, 0.6) is 0 Å². The maximum absolute atomic E-state index is 13.7. The van der Waals surface area contributed by atoms with Crippen LogP contribution in [0.3, 0.4) is 0 Å². The summed E-state index contributed by atoms with van der Waals surface area (Å²) in [5, 5.41) is 0. The summed E-state index contributed by atoms with van der Waals surface area (Å²) in [5.41, 5.74) is -0.254. The van der Waals surface area contributed by atoms with E-state index in [4.69, 9.17) is 0 Å². The van der Waals surface area contributed by atoms with E-state index in [9.17, 15) is 13.6 Å². The van der Waals surface area contributed by atoms with Gasteiger partial charge in [0.15, 0.2) is 5.78 Å².